The van der Waals surface area contributed by atoms with E-state index >= 15 is 0 Å². The Bertz CT molecular complexity index is 573. The van der Waals surface area contributed by atoms with Crippen LogP contribution in [0.4, 0.5) is 11.4 Å². The number of nitrogens with one attached hydrogen (secondary N) is 2. The summed E-state index contributed by atoms with van der Waals surface area (Å²) in [5, 5.41) is 13.8. The molecule has 1 aromatic rings. The van der Waals surface area contributed by atoms with E-state index < -0.39 is 14.9 Å². The van der Waals surface area contributed by atoms with Crippen LogP contribution in [-0.2, 0) is 10.0 Å². The number of sulfonamides is 1. The lowest BCUT2D eigenvalue weighted by Gasteiger charge is -2.08. The molecule has 0 amide bonds. The van der Waals surface area contributed by atoms with Gasteiger partial charge < -0.3 is 10.1 Å². The lowest BCUT2D eigenvalue weighted by atomic mass is 10.2. The third kappa shape index (κ3) is 5.41. The van der Waals surface area contributed by atoms with Gasteiger partial charge >= 0.3 is 5.69 Å². The summed E-state index contributed by atoms with van der Waals surface area (Å²) in [7, 11) is -1.80. The van der Waals surface area contributed by atoms with Crippen LogP contribution in [0.2, 0.25) is 0 Å². The second kappa shape index (κ2) is 7.06. The van der Waals surface area contributed by atoms with Crippen molar-refractivity contribution >= 4 is 21.4 Å². The maximum atomic E-state index is 10.8. The molecule has 2 N–H and O–H groups in total. The molecule has 0 saturated heterocycles. The summed E-state index contributed by atoms with van der Waals surface area (Å²) in [6, 6.07) is 4.46. The number of rotatable bonds is 8. The molecule has 0 aliphatic rings. The lowest BCUT2D eigenvalue weighted by molar-refractivity contribution is -0.385. The molecule has 0 aliphatic carbocycles. The quantitative estimate of drug-likeness (QED) is 0.420. The Morgan fingerprint density at radius 3 is 2.60 bits per heavy atom. The summed E-state index contributed by atoms with van der Waals surface area (Å²) in [6.45, 7) is 0.861. The van der Waals surface area contributed by atoms with Crippen molar-refractivity contribution in [2.45, 2.75) is 6.42 Å². The zero-order valence-corrected chi connectivity index (χ0v) is 12.1. The topological polar surface area (TPSA) is 111 Å². The van der Waals surface area contributed by atoms with E-state index in [1.165, 1.54) is 19.2 Å². The van der Waals surface area contributed by atoms with Crippen molar-refractivity contribution in [2.75, 3.05) is 31.8 Å². The van der Waals surface area contributed by atoms with Crippen LogP contribution in [0, 0.1) is 10.1 Å². The number of ether oxygens (including phenoxy) is 1. The molecule has 0 aromatic heterocycles. The Kier molecular flexibility index (Phi) is 5.71. The number of hydrogen-bond donors (Lipinski definition) is 2. The molecular formula is C11H17N3O5S. The summed E-state index contributed by atoms with van der Waals surface area (Å²) < 4.78 is 29.0. The highest BCUT2D eigenvalue weighted by Crippen LogP contribution is 2.29. The van der Waals surface area contributed by atoms with E-state index in [0.717, 1.165) is 6.26 Å². The molecule has 9 heteroatoms. The van der Waals surface area contributed by atoms with Gasteiger partial charge in [-0.05, 0) is 12.5 Å². The fourth-order valence-corrected chi connectivity index (χ4v) is 2.03. The summed E-state index contributed by atoms with van der Waals surface area (Å²) >= 11 is 0. The second-order valence-electron chi connectivity index (χ2n) is 4.09. The van der Waals surface area contributed by atoms with Gasteiger partial charge in [0.2, 0.25) is 10.0 Å². The van der Waals surface area contributed by atoms with Gasteiger partial charge in [0, 0.05) is 30.9 Å². The number of nitrogens with zero attached hydrogens (tertiary/aromatic N) is 1. The Labute approximate surface area is 117 Å². The van der Waals surface area contributed by atoms with Gasteiger partial charge in [0.25, 0.3) is 0 Å². The molecule has 1 aromatic carbocycles. The fraction of sp³-hybridized carbons (Fsp3) is 0.455. The van der Waals surface area contributed by atoms with Crippen molar-refractivity contribution in [2.24, 2.45) is 0 Å². The number of benzene rings is 1. The van der Waals surface area contributed by atoms with Crippen LogP contribution in [0.15, 0.2) is 18.2 Å². The van der Waals surface area contributed by atoms with E-state index in [1.54, 1.807) is 6.07 Å². The van der Waals surface area contributed by atoms with Crippen molar-refractivity contribution in [1.29, 1.82) is 0 Å². The van der Waals surface area contributed by atoms with Crippen molar-refractivity contribution in [3.05, 3.63) is 28.3 Å². The zero-order chi connectivity index (χ0) is 15.2. The average Bonchev–Trinajstić information content (AvgIpc) is 2.36. The predicted octanol–water partition coefficient (Wildman–Crippen LogP) is 0.955. The van der Waals surface area contributed by atoms with Gasteiger partial charge in [0.1, 0.15) is 0 Å². The first kappa shape index (κ1) is 16.2. The monoisotopic (exact) mass is 303 g/mol. The second-order valence-corrected chi connectivity index (χ2v) is 5.92. The van der Waals surface area contributed by atoms with Gasteiger partial charge in [-0.3, -0.25) is 10.1 Å². The van der Waals surface area contributed by atoms with E-state index in [1.807, 2.05) is 0 Å². The Morgan fingerprint density at radius 1 is 1.35 bits per heavy atom. The van der Waals surface area contributed by atoms with E-state index in [0.29, 0.717) is 25.2 Å². The van der Waals surface area contributed by atoms with Crippen molar-refractivity contribution < 1.29 is 18.1 Å². The third-order valence-electron chi connectivity index (χ3n) is 2.42. The largest absolute Gasteiger partial charge is 0.490 e. The normalized spacial score (nSPS) is 11.1. The fourth-order valence-electron chi connectivity index (χ4n) is 1.52. The average molecular weight is 303 g/mol. The van der Waals surface area contributed by atoms with Gasteiger partial charge in [0.05, 0.1) is 18.3 Å². The molecule has 0 saturated carbocycles. The smallest absolute Gasteiger partial charge is 0.311 e. The zero-order valence-electron chi connectivity index (χ0n) is 11.3. The summed E-state index contributed by atoms with van der Waals surface area (Å²) in [5.41, 5.74) is 0.573. The standard InChI is InChI=1S/C11H17N3O5S/c1-19-11-8-9(4-5-10(11)14(15)16)12-6-3-7-13-20(2,17)18/h4-5,8,12-13H,3,6-7H2,1-2H3. The Balaban J connectivity index is 2.51. The van der Waals surface area contributed by atoms with Gasteiger partial charge in [-0.15, -0.1) is 0 Å². The van der Waals surface area contributed by atoms with Crippen molar-refractivity contribution in [3.8, 4) is 5.75 Å². The molecule has 0 unspecified atom stereocenters. The molecule has 0 radical (unpaired) electrons. The molecule has 0 spiro atoms. The van der Waals surface area contributed by atoms with E-state index in [2.05, 4.69) is 10.0 Å². The van der Waals surface area contributed by atoms with Crippen molar-refractivity contribution in [1.82, 2.24) is 4.72 Å². The molecule has 1 rings (SSSR count). The van der Waals surface area contributed by atoms with E-state index in [4.69, 9.17) is 4.74 Å². The number of nitro groups is 1. The summed E-state index contributed by atoms with van der Waals surface area (Å²) in [4.78, 5) is 10.2. The number of anilines is 1. The maximum absolute atomic E-state index is 10.8. The third-order valence-corrected chi connectivity index (χ3v) is 3.15. The van der Waals surface area contributed by atoms with Gasteiger partial charge in [-0.1, -0.05) is 0 Å². The van der Waals surface area contributed by atoms with Crippen LogP contribution in [-0.4, -0.2) is 39.8 Å². The number of hydrogen-bond acceptors (Lipinski definition) is 6. The van der Waals surface area contributed by atoms with Crippen LogP contribution in [0.5, 0.6) is 5.75 Å². The summed E-state index contributed by atoms with van der Waals surface area (Å²) in [6.07, 6.45) is 1.69. The van der Waals surface area contributed by atoms with Crippen LogP contribution < -0.4 is 14.8 Å². The molecule has 0 atom stereocenters. The number of methoxy groups -OCH3 is 1. The maximum Gasteiger partial charge on any atom is 0.311 e. The number of nitro benzene ring substituents is 1. The van der Waals surface area contributed by atoms with Gasteiger partial charge in [-0.25, -0.2) is 13.1 Å². The first-order valence-electron chi connectivity index (χ1n) is 5.84. The predicted molar refractivity (Wildman–Crippen MR) is 75.6 cm³/mol. The molecule has 20 heavy (non-hydrogen) atoms. The molecule has 112 valence electrons. The highest BCUT2D eigenvalue weighted by Gasteiger charge is 2.14. The van der Waals surface area contributed by atoms with Crippen LogP contribution in [0.3, 0.4) is 0 Å². The molecule has 0 heterocycles. The highest BCUT2D eigenvalue weighted by molar-refractivity contribution is 7.88. The minimum atomic E-state index is -3.17. The molecule has 0 bridgehead atoms. The summed E-state index contributed by atoms with van der Waals surface area (Å²) in [5.74, 6) is 0.175. The van der Waals surface area contributed by atoms with Gasteiger partial charge in [-0.2, -0.15) is 0 Å². The van der Waals surface area contributed by atoms with Crippen LogP contribution in [0.1, 0.15) is 6.42 Å². The Morgan fingerprint density at radius 2 is 2.05 bits per heavy atom. The lowest BCUT2D eigenvalue weighted by Crippen LogP contribution is -2.24. The first-order valence-corrected chi connectivity index (χ1v) is 7.73. The van der Waals surface area contributed by atoms with Gasteiger partial charge in [0.15, 0.2) is 5.75 Å². The van der Waals surface area contributed by atoms with Crippen molar-refractivity contribution in [3.63, 3.8) is 0 Å². The molecular weight excluding hydrogens is 286 g/mol. The highest BCUT2D eigenvalue weighted by atomic mass is 32.2. The minimum Gasteiger partial charge on any atom is -0.490 e. The molecule has 0 fully saturated rings. The van der Waals surface area contributed by atoms with E-state index in [-0.39, 0.29) is 11.4 Å². The first-order chi connectivity index (χ1) is 9.33. The van der Waals surface area contributed by atoms with Crippen LogP contribution >= 0.6 is 0 Å². The Hall–Kier alpha value is -1.87. The SMILES string of the molecule is COc1cc(NCCCNS(C)(=O)=O)ccc1[N+](=O)[O-]. The van der Waals surface area contributed by atoms with E-state index in [9.17, 15) is 18.5 Å². The molecule has 0 aliphatic heterocycles. The molecule has 8 nitrogen and oxygen atoms in total. The van der Waals surface area contributed by atoms with Crippen LogP contribution in [0.25, 0.3) is 0 Å². The minimum absolute atomic E-state index is 0.100.